The van der Waals surface area contributed by atoms with Crippen LogP contribution in [-0.2, 0) is 19.1 Å². The molecule has 1 saturated carbocycles. The Labute approximate surface area is 197 Å². The maximum Gasteiger partial charge on any atom is 0.407 e. The van der Waals surface area contributed by atoms with Crippen LogP contribution in [0.5, 0.6) is 0 Å². The lowest BCUT2D eigenvalue weighted by atomic mass is 9.98. The average Bonchev–Trinajstić information content (AvgIpc) is 3.44. The van der Waals surface area contributed by atoms with Crippen LogP contribution in [-0.4, -0.2) is 66.4 Å². The molecule has 34 heavy (non-hydrogen) atoms. The number of alkyl carbamates (subject to hydrolysis) is 1. The van der Waals surface area contributed by atoms with E-state index >= 15 is 0 Å². The Morgan fingerprint density at radius 2 is 1.71 bits per heavy atom. The summed E-state index contributed by atoms with van der Waals surface area (Å²) in [7, 11) is 0. The van der Waals surface area contributed by atoms with Gasteiger partial charge in [-0.15, -0.1) is 0 Å². The first kappa shape index (κ1) is 22.4. The number of carbonyl (C=O) groups excluding carboxylic acids is 2. The van der Waals surface area contributed by atoms with Crippen molar-refractivity contribution in [3.05, 3.63) is 59.7 Å². The largest absolute Gasteiger partial charge is 0.480 e. The number of hydrogen-bond acceptors (Lipinski definition) is 5. The van der Waals surface area contributed by atoms with Crippen molar-refractivity contribution in [1.29, 1.82) is 0 Å². The molecule has 1 heterocycles. The second-order valence-corrected chi connectivity index (χ2v) is 9.07. The molecular formula is C26H28N2O6. The maximum atomic E-state index is 13.2. The van der Waals surface area contributed by atoms with E-state index in [0.29, 0.717) is 19.4 Å². The van der Waals surface area contributed by atoms with Crippen LogP contribution in [0.1, 0.15) is 36.3 Å². The Balaban J connectivity index is 1.23. The van der Waals surface area contributed by atoms with Gasteiger partial charge in [-0.05, 0) is 35.1 Å². The number of ether oxygens (including phenoxy) is 2. The maximum absolute atomic E-state index is 13.2. The van der Waals surface area contributed by atoms with Crippen molar-refractivity contribution in [2.45, 2.75) is 37.3 Å². The molecule has 2 aliphatic carbocycles. The zero-order chi connectivity index (χ0) is 23.7. The Bertz CT molecular complexity index is 1060. The summed E-state index contributed by atoms with van der Waals surface area (Å²) in [5, 5.41) is 12.3. The SMILES string of the molecule is O=C(N[C@H]1CCC[C@H]1C(=O)N1CCOCC1C(=O)O)OCC1c2ccccc2-c2ccccc21. The van der Waals surface area contributed by atoms with E-state index in [4.69, 9.17) is 9.47 Å². The first-order valence-corrected chi connectivity index (χ1v) is 11.8. The molecule has 0 aromatic heterocycles. The van der Waals surface area contributed by atoms with Gasteiger partial charge in [-0.2, -0.15) is 0 Å². The van der Waals surface area contributed by atoms with Gasteiger partial charge in [0.05, 0.1) is 19.1 Å². The molecule has 8 nitrogen and oxygen atoms in total. The second kappa shape index (κ2) is 9.46. The Morgan fingerprint density at radius 3 is 2.38 bits per heavy atom. The number of carboxylic acid groups (broad SMARTS) is 1. The van der Waals surface area contributed by atoms with Crippen molar-refractivity contribution in [3.63, 3.8) is 0 Å². The van der Waals surface area contributed by atoms with E-state index < -0.39 is 24.0 Å². The van der Waals surface area contributed by atoms with Crippen LogP contribution >= 0.6 is 0 Å². The molecule has 2 aromatic rings. The molecule has 8 heteroatoms. The number of nitrogens with one attached hydrogen (secondary N) is 1. The van der Waals surface area contributed by atoms with Crippen molar-refractivity contribution in [2.75, 3.05) is 26.4 Å². The van der Waals surface area contributed by atoms with E-state index in [1.165, 1.54) is 4.90 Å². The van der Waals surface area contributed by atoms with Gasteiger partial charge in [0.2, 0.25) is 5.91 Å². The highest BCUT2D eigenvalue weighted by molar-refractivity contribution is 5.86. The van der Waals surface area contributed by atoms with E-state index in [9.17, 15) is 19.5 Å². The van der Waals surface area contributed by atoms with Gasteiger partial charge in [-0.25, -0.2) is 9.59 Å². The Morgan fingerprint density at radius 1 is 1.03 bits per heavy atom. The molecule has 2 aromatic carbocycles. The van der Waals surface area contributed by atoms with Crippen molar-refractivity contribution in [3.8, 4) is 11.1 Å². The van der Waals surface area contributed by atoms with Gasteiger partial charge >= 0.3 is 12.1 Å². The number of carboxylic acids is 1. The number of hydrogen-bond donors (Lipinski definition) is 2. The van der Waals surface area contributed by atoms with Crippen molar-refractivity contribution in [2.24, 2.45) is 5.92 Å². The molecule has 178 valence electrons. The summed E-state index contributed by atoms with van der Waals surface area (Å²) in [5.41, 5.74) is 4.59. The molecule has 1 unspecified atom stereocenters. The van der Waals surface area contributed by atoms with Crippen LogP contribution in [0.2, 0.25) is 0 Å². The number of rotatable bonds is 5. The van der Waals surface area contributed by atoms with Crippen molar-refractivity contribution >= 4 is 18.0 Å². The van der Waals surface area contributed by atoms with Crippen LogP contribution in [0.3, 0.4) is 0 Å². The summed E-state index contributed by atoms with van der Waals surface area (Å²) in [5.74, 6) is -1.81. The molecular weight excluding hydrogens is 436 g/mol. The van der Waals surface area contributed by atoms with Crippen molar-refractivity contribution < 1.29 is 29.0 Å². The smallest absolute Gasteiger partial charge is 0.407 e. The molecule has 5 rings (SSSR count). The quantitative estimate of drug-likeness (QED) is 0.705. The second-order valence-electron chi connectivity index (χ2n) is 9.07. The summed E-state index contributed by atoms with van der Waals surface area (Å²) in [6, 6.07) is 14.9. The predicted octanol–water partition coefficient (Wildman–Crippen LogP) is 3.01. The Hall–Kier alpha value is -3.39. The van der Waals surface area contributed by atoms with Crippen LogP contribution in [0, 0.1) is 5.92 Å². The molecule has 2 N–H and O–H groups in total. The zero-order valence-corrected chi connectivity index (χ0v) is 18.8. The number of benzene rings is 2. The minimum Gasteiger partial charge on any atom is -0.480 e. The highest BCUT2D eigenvalue weighted by Crippen LogP contribution is 2.44. The molecule has 1 aliphatic heterocycles. The fourth-order valence-corrected chi connectivity index (χ4v) is 5.50. The number of morpholine rings is 1. The highest BCUT2D eigenvalue weighted by Gasteiger charge is 2.41. The topological polar surface area (TPSA) is 105 Å². The highest BCUT2D eigenvalue weighted by atomic mass is 16.5. The van der Waals surface area contributed by atoms with Gasteiger partial charge in [0.1, 0.15) is 6.61 Å². The first-order valence-electron chi connectivity index (χ1n) is 11.8. The first-order chi connectivity index (χ1) is 16.5. The summed E-state index contributed by atoms with van der Waals surface area (Å²) < 4.78 is 10.9. The zero-order valence-electron chi connectivity index (χ0n) is 18.8. The lowest BCUT2D eigenvalue weighted by molar-refractivity contribution is -0.160. The fraction of sp³-hybridized carbons (Fsp3) is 0.423. The standard InChI is InChI=1S/C26H28N2O6/c29-24(28-12-13-33-15-23(28)25(30)31)20-10-5-11-22(20)27-26(32)34-14-21-18-8-3-1-6-16(18)17-7-2-4-9-19(17)21/h1-4,6-9,20-23H,5,10-15H2,(H,27,32)(H,30,31)/t20-,22+,23?/m1/s1. The van der Waals surface area contributed by atoms with Crippen LogP contribution < -0.4 is 5.32 Å². The van der Waals surface area contributed by atoms with Crippen LogP contribution in [0.15, 0.2) is 48.5 Å². The number of fused-ring (bicyclic) bond motifs is 3. The van der Waals surface area contributed by atoms with Crippen molar-refractivity contribution in [1.82, 2.24) is 10.2 Å². The van der Waals surface area contributed by atoms with Gasteiger partial charge < -0.3 is 24.8 Å². The molecule has 0 bridgehead atoms. The van der Waals surface area contributed by atoms with E-state index in [0.717, 1.165) is 28.7 Å². The van der Waals surface area contributed by atoms with Crippen LogP contribution in [0.25, 0.3) is 11.1 Å². The fourth-order valence-electron chi connectivity index (χ4n) is 5.50. The normalized spacial score (nSPS) is 23.8. The van der Waals surface area contributed by atoms with Crippen LogP contribution in [0.4, 0.5) is 4.79 Å². The lowest BCUT2D eigenvalue weighted by Gasteiger charge is -2.35. The molecule has 1 saturated heterocycles. The third-order valence-corrected chi connectivity index (χ3v) is 7.18. The van der Waals surface area contributed by atoms with Gasteiger partial charge in [-0.3, -0.25) is 4.79 Å². The molecule has 0 spiro atoms. The molecule has 2 amide bonds. The number of aliphatic carboxylic acids is 1. The van der Waals surface area contributed by atoms with E-state index in [2.05, 4.69) is 29.6 Å². The monoisotopic (exact) mass is 464 g/mol. The Kier molecular flexibility index (Phi) is 6.24. The summed E-state index contributed by atoms with van der Waals surface area (Å²) in [6.45, 7) is 0.741. The number of carbonyl (C=O) groups is 3. The number of nitrogens with zero attached hydrogens (tertiary/aromatic N) is 1. The van der Waals surface area contributed by atoms with E-state index in [1.807, 2.05) is 24.3 Å². The van der Waals surface area contributed by atoms with Gasteiger partial charge in [-0.1, -0.05) is 55.0 Å². The van der Waals surface area contributed by atoms with Gasteiger partial charge in [0, 0.05) is 18.5 Å². The summed E-state index contributed by atoms with van der Waals surface area (Å²) >= 11 is 0. The van der Waals surface area contributed by atoms with Gasteiger partial charge in [0.15, 0.2) is 6.04 Å². The minimum absolute atomic E-state index is 0.0156. The lowest BCUT2D eigenvalue weighted by Crippen LogP contribution is -2.56. The third-order valence-electron chi connectivity index (χ3n) is 7.18. The summed E-state index contributed by atoms with van der Waals surface area (Å²) in [6.07, 6.45) is 1.50. The third kappa shape index (κ3) is 4.14. The molecule has 2 fully saturated rings. The minimum atomic E-state index is -1.08. The molecule has 3 atom stereocenters. The van der Waals surface area contributed by atoms with E-state index in [1.54, 1.807) is 0 Å². The predicted molar refractivity (Wildman–Crippen MR) is 123 cm³/mol. The summed E-state index contributed by atoms with van der Waals surface area (Å²) in [4.78, 5) is 38.8. The molecule has 0 radical (unpaired) electrons. The van der Waals surface area contributed by atoms with E-state index in [-0.39, 0.29) is 37.6 Å². The molecule has 3 aliphatic rings. The average molecular weight is 465 g/mol. The number of amides is 2. The van der Waals surface area contributed by atoms with Gasteiger partial charge in [0.25, 0.3) is 0 Å².